The molecule has 4 nitrogen and oxygen atoms in total. The van der Waals surface area contributed by atoms with Gasteiger partial charge in [0.15, 0.2) is 0 Å². The summed E-state index contributed by atoms with van der Waals surface area (Å²) in [6.45, 7) is 0.462. The molecule has 0 atom stereocenters. The molecule has 0 radical (unpaired) electrons. The third-order valence-corrected chi connectivity index (χ3v) is 2.90. The molecule has 2 aromatic rings. The standard InChI is InChI=1S/C11H10N2O2S/c12-10(14)9-3-1-2-8(6-9)7-13-4-5-16-11(13)15/h1-6H,7H2,(H2,12,14). The quantitative estimate of drug-likeness (QED) is 0.862. The van der Waals surface area contributed by atoms with E-state index in [0.717, 1.165) is 16.9 Å². The summed E-state index contributed by atoms with van der Waals surface area (Å²) in [7, 11) is 0. The summed E-state index contributed by atoms with van der Waals surface area (Å²) in [5.41, 5.74) is 6.53. The van der Waals surface area contributed by atoms with Gasteiger partial charge in [0, 0.05) is 17.1 Å². The molecule has 16 heavy (non-hydrogen) atoms. The zero-order valence-electron chi connectivity index (χ0n) is 8.42. The lowest BCUT2D eigenvalue weighted by atomic mass is 10.1. The highest BCUT2D eigenvalue weighted by Crippen LogP contribution is 2.06. The normalized spacial score (nSPS) is 10.2. The number of carbonyl (C=O) groups excluding carboxylic acids is 1. The number of nitrogens with two attached hydrogens (primary N) is 1. The van der Waals surface area contributed by atoms with Crippen LogP contribution >= 0.6 is 11.3 Å². The third kappa shape index (κ3) is 2.20. The lowest BCUT2D eigenvalue weighted by molar-refractivity contribution is 0.1000. The highest BCUT2D eigenvalue weighted by Gasteiger charge is 2.03. The number of thiazole rings is 1. The average Bonchev–Trinajstić information content (AvgIpc) is 2.65. The molecule has 0 saturated heterocycles. The maximum Gasteiger partial charge on any atom is 0.307 e. The zero-order valence-corrected chi connectivity index (χ0v) is 9.24. The zero-order chi connectivity index (χ0) is 11.5. The Hall–Kier alpha value is -1.88. The molecule has 5 heteroatoms. The predicted molar refractivity (Wildman–Crippen MR) is 62.6 cm³/mol. The summed E-state index contributed by atoms with van der Waals surface area (Å²) in [6, 6.07) is 6.97. The molecule has 0 aliphatic carbocycles. The van der Waals surface area contributed by atoms with E-state index in [2.05, 4.69) is 0 Å². The number of aromatic nitrogens is 1. The summed E-state index contributed by atoms with van der Waals surface area (Å²) in [5, 5.41) is 1.74. The van der Waals surface area contributed by atoms with Gasteiger partial charge in [0.25, 0.3) is 0 Å². The number of rotatable bonds is 3. The topological polar surface area (TPSA) is 65.1 Å². The summed E-state index contributed by atoms with van der Waals surface area (Å²) < 4.78 is 1.59. The summed E-state index contributed by atoms with van der Waals surface area (Å²) in [5.74, 6) is -0.459. The van der Waals surface area contributed by atoms with E-state index >= 15 is 0 Å². The second-order valence-electron chi connectivity index (χ2n) is 3.36. The first-order valence-electron chi connectivity index (χ1n) is 4.69. The van der Waals surface area contributed by atoms with Gasteiger partial charge in [-0.15, -0.1) is 0 Å². The Balaban J connectivity index is 2.29. The molecule has 1 amide bonds. The lowest BCUT2D eigenvalue weighted by Crippen LogP contribution is -2.14. The van der Waals surface area contributed by atoms with Gasteiger partial charge < -0.3 is 10.3 Å². The van der Waals surface area contributed by atoms with Crippen molar-refractivity contribution in [2.45, 2.75) is 6.54 Å². The van der Waals surface area contributed by atoms with Crippen LogP contribution in [0.5, 0.6) is 0 Å². The van der Waals surface area contributed by atoms with Gasteiger partial charge in [-0.05, 0) is 17.7 Å². The maximum absolute atomic E-state index is 11.3. The fraction of sp³-hybridized carbons (Fsp3) is 0.0909. The monoisotopic (exact) mass is 234 g/mol. The average molecular weight is 234 g/mol. The van der Waals surface area contributed by atoms with Crippen LogP contribution in [0.4, 0.5) is 0 Å². The smallest absolute Gasteiger partial charge is 0.307 e. The molecule has 0 spiro atoms. The Morgan fingerprint density at radius 2 is 2.25 bits per heavy atom. The van der Waals surface area contributed by atoms with Crippen LogP contribution in [-0.4, -0.2) is 10.5 Å². The molecule has 2 N–H and O–H groups in total. The summed E-state index contributed by atoms with van der Waals surface area (Å²) in [4.78, 5) is 22.3. The van der Waals surface area contributed by atoms with E-state index in [1.807, 2.05) is 6.07 Å². The van der Waals surface area contributed by atoms with E-state index in [1.165, 1.54) is 0 Å². The van der Waals surface area contributed by atoms with Gasteiger partial charge >= 0.3 is 4.87 Å². The minimum atomic E-state index is -0.459. The third-order valence-electron chi connectivity index (χ3n) is 2.21. The van der Waals surface area contributed by atoms with E-state index in [-0.39, 0.29) is 4.87 Å². The van der Waals surface area contributed by atoms with Gasteiger partial charge in [-0.25, -0.2) is 0 Å². The Kier molecular flexibility index (Phi) is 2.87. The molecule has 2 rings (SSSR count). The number of benzene rings is 1. The molecule has 0 aliphatic rings. The van der Waals surface area contributed by atoms with Crippen LogP contribution in [-0.2, 0) is 6.54 Å². The van der Waals surface area contributed by atoms with E-state index in [1.54, 1.807) is 34.3 Å². The van der Waals surface area contributed by atoms with Gasteiger partial charge in [-0.1, -0.05) is 23.5 Å². The highest BCUT2D eigenvalue weighted by atomic mass is 32.1. The fourth-order valence-corrected chi connectivity index (χ4v) is 2.01. The SMILES string of the molecule is NC(=O)c1cccc(Cn2ccsc2=O)c1. The number of carbonyl (C=O) groups is 1. The van der Waals surface area contributed by atoms with Crippen molar-refractivity contribution >= 4 is 17.2 Å². The van der Waals surface area contributed by atoms with Crippen LogP contribution in [0, 0.1) is 0 Å². The molecular formula is C11H10N2O2S. The van der Waals surface area contributed by atoms with Crippen molar-refractivity contribution in [1.82, 2.24) is 4.57 Å². The number of amides is 1. The first-order chi connectivity index (χ1) is 7.66. The van der Waals surface area contributed by atoms with Gasteiger partial charge in [-0.3, -0.25) is 9.59 Å². The van der Waals surface area contributed by atoms with Crippen LogP contribution in [0.2, 0.25) is 0 Å². The van der Waals surface area contributed by atoms with E-state index in [4.69, 9.17) is 5.73 Å². The molecule has 0 fully saturated rings. The van der Waals surface area contributed by atoms with Crippen molar-refractivity contribution in [2.75, 3.05) is 0 Å². The highest BCUT2D eigenvalue weighted by molar-refractivity contribution is 7.07. The second kappa shape index (κ2) is 4.32. The molecule has 0 unspecified atom stereocenters. The second-order valence-corrected chi connectivity index (χ2v) is 4.22. The largest absolute Gasteiger partial charge is 0.366 e. The van der Waals surface area contributed by atoms with Gasteiger partial charge in [0.1, 0.15) is 0 Å². The van der Waals surface area contributed by atoms with Crippen LogP contribution in [0.1, 0.15) is 15.9 Å². The van der Waals surface area contributed by atoms with E-state index < -0.39 is 5.91 Å². The fourth-order valence-electron chi connectivity index (χ4n) is 1.43. The van der Waals surface area contributed by atoms with Crippen molar-refractivity contribution in [3.63, 3.8) is 0 Å². The first kappa shape index (κ1) is 10.6. The number of nitrogens with zero attached hydrogens (tertiary/aromatic N) is 1. The molecule has 1 aromatic carbocycles. The molecule has 82 valence electrons. The minimum Gasteiger partial charge on any atom is -0.366 e. The number of hydrogen-bond donors (Lipinski definition) is 1. The van der Waals surface area contributed by atoms with Gasteiger partial charge in [-0.2, -0.15) is 0 Å². The lowest BCUT2D eigenvalue weighted by Gasteiger charge is -2.03. The number of hydrogen-bond acceptors (Lipinski definition) is 3. The Morgan fingerprint density at radius 3 is 2.88 bits per heavy atom. The van der Waals surface area contributed by atoms with Crippen molar-refractivity contribution in [2.24, 2.45) is 5.73 Å². The van der Waals surface area contributed by atoms with Gasteiger partial charge in [0.05, 0.1) is 6.54 Å². The summed E-state index contributed by atoms with van der Waals surface area (Å²) >= 11 is 1.15. The number of primary amides is 1. The molecule has 1 aromatic heterocycles. The minimum absolute atomic E-state index is 0.00974. The Morgan fingerprint density at radius 1 is 1.44 bits per heavy atom. The van der Waals surface area contributed by atoms with E-state index in [0.29, 0.717) is 12.1 Å². The van der Waals surface area contributed by atoms with Crippen LogP contribution in [0.15, 0.2) is 40.6 Å². The molecule has 0 bridgehead atoms. The van der Waals surface area contributed by atoms with Crippen LogP contribution < -0.4 is 10.6 Å². The molecule has 1 heterocycles. The molecular weight excluding hydrogens is 224 g/mol. The molecule has 0 aliphatic heterocycles. The van der Waals surface area contributed by atoms with Crippen LogP contribution in [0.25, 0.3) is 0 Å². The Bertz CT molecular complexity index is 571. The van der Waals surface area contributed by atoms with E-state index in [9.17, 15) is 9.59 Å². The summed E-state index contributed by atoms with van der Waals surface area (Å²) in [6.07, 6.45) is 1.73. The molecule has 0 saturated carbocycles. The Labute approximate surface area is 96.0 Å². The van der Waals surface area contributed by atoms with Crippen molar-refractivity contribution < 1.29 is 4.79 Å². The van der Waals surface area contributed by atoms with Crippen molar-refractivity contribution in [1.29, 1.82) is 0 Å². The van der Waals surface area contributed by atoms with Crippen molar-refractivity contribution in [3.05, 3.63) is 56.6 Å². The van der Waals surface area contributed by atoms with Crippen LogP contribution in [0.3, 0.4) is 0 Å². The van der Waals surface area contributed by atoms with Gasteiger partial charge in [0.2, 0.25) is 5.91 Å². The maximum atomic E-state index is 11.3. The predicted octanol–water partition coefficient (Wildman–Crippen LogP) is 1.06. The first-order valence-corrected chi connectivity index (χ1v) is 5.57. The van der Waals surface area contributed by atoms with Crippen molar-refractivity contribution in [3.8, 4) is 0 Å².